The van der Waals surface area contributed by atoms with E-state index in [1.54, 1.807) is 6.20 Å². The molecule has 4 nitrogen and oxygen atoms in total. The molecule has 3 rings (SSSR count). The highest BCUT2D eigenvalue weighted by atomic mass is 32.2. The topological polar surface area (TPSA) is 57.9 Å². The summed E-state index contributed by atoms with van der Waals surface area (Å²) in [6.07, 6.45) is -4.94. The van der Waals surface area contributed by atoms with Crippen LogP contribution in [0.25, 0.3) is 22.2 Å². The SMILES string of the molecule is C=S(=C)(c1ccc(-c2ccnc3[nH]c(C(F)F)cc23)cc1)N(C)CCN.CC(F)(F)F. The number of fused-ring (bicyclic) bond motifs is 1. The van der Waals surface area contributed by atoms with Crippen molar-refractivity contribution < 1.29 is 22.0 Å². The van der Waals surface area contributed by atoms with E-state index in [0.717, 1.165) is 22.6 Å². The number of benzene rings is 1. The Hall–Kier alpha value is -2.43. The Balaban J connectivity index is 0.000000614. The second kappa shape index (κ2) is 9.80. The van der Waals surface area contributed by atoms with Gasteiger partial charge in [-0.2, -0.15) is 13.2 Å². The highest BCUT2D eigenvalue weighted by Gasteiger charge is 2.16. The lowest BCUT2D eigenvalue weighted by Crippen LogP contribution is -2.22. The lowest BCUT2D eigenvalue weighted by Gasteiger charge is -2.27. The second-order valence-electron chi connectivity index (χ2n) is 6.93. The Morgan fingerprint density at radius 3 is 2.26 bits per heavy atom. The second-order valence-corrected chi connectivity index (χ2v) is 9.71. The molecule has 0 spiro atoms. The van der Waals surface area contributed by atoms with Crippen molar-refractivity contribution in [1.82, 2.24) is 14.3 Å². The minimum atomic E-state index is -4.00. The van der Waals surface area contributed by atoms with Gasteiger partial charge >= 0.3 is 6.18 Å². The van der Waals surface area contributed by atoms with Crippen LogP contribution in [-0.4, -0.2) is 52.3 Å². The summed E-state index contributed by atoms with van der Waals surface area (Å²) in [5.41, 5.74) is 7.75. The van der Waals surface area contributed by atoms with Crippen LogP contribution in [-0.2, 0) is 0 Å². The Bertz CT molecular complexity index is 1100. The molecule has 0 bridgehead atoms. The van der Waals surface area contributed by atoms with Crippen molar-refractivity contribution >= 4 is 32.2 Å². The quantitative estimate of drug-likeness (QED) is 0.374. The van der Waals surface area contributed by atoms with Crippen molar-refractivity contribution in [3.05, 3.63) is 48.3 Å². The highest BCUT2D eigenvalue weighted by Crippen LogP contribution is 2.37. The number of H-pyrrole nitrogens is 1. The Morgan fingerprint density at radius 1 is 1.16 bits per heavy atom. The van der Waals surface area contributed by atoms with Crippen LogP contribution < -0.4 is 5.73 Å². The number of aromatic nitrogens is 2. The largest absolute Gasteiger partial charge is 0.386 e. The van der Waals surface area contributed by atoms with E-state index in [-0.39, 0.29) is 12.6 Å². The van der Waals surface area contributed by atoms with Crippen LogP contribution >= 0.6 is 9.39 Å². The minimum Gasteiger partial charge on any atom is -0.338 e. The molecule has 170 valence electrons. The third-order valence-corrected chi connectivity index (χ3v) is 6.96. The average Bonchev–Trinajstić information content (AvgIpc) is 3.12. The van der Waals surface area contributed by atoms with Gasteiger partial charge in [0.2, 0.25) is 0 Å². The van der Waals surface area contributed by atoms with Gasteiger partial charge in [-0.05, 0) is 42.4 Å². The van der Waals surface area contributed by atoms with E-state index >= 15 is 0 Å². The molecular weight excluding hydrogens is 435 g/mol. The van der Waals surface area contributed by atoms with E-state index in [9.17, 15) is 22.0 Å². The third kappa shape index (κ3) is 6.52. The van der Waals surface area contributed by atoms with Gasteiger partial charge in [-0.1, -0.05) is 23.9 Å². The first-order valence-corrected chi connectivity index (χ1v) is 11.1. The van der Waals surface area contributed by atoms with Gasteiger partial charge in [-0.3, -0.25) is 4.31 Å². The number of hydrogen-bond acceptors (Lipinski definition) is 3. The number of alkyl halides is 5. The zero-order chi connectivity index (χ0) is 23.4. The number of hydrogen-bond donors (Lipinski definition) is 2. The molecule has 3 aromatic rings. The molecule has 2 heterocycles. The van der Waals surface area contributed by atoms with Crippen LogP contribution in [0.5, 0.6) is 0 Å². The van der Waals surface area contributed by atoms with E-state index < -0.39 is 22.0 Å². The monoisotopic (exact) mass is 460 g/mol. The van der Waals surface area contributed by atoms with E-state index in [1.807, 2.05) is 37.4 Å². The Morgan fingerprint density at radius 2 is 1.74 bits per heavy atom. The Kier molecular flexibility index (Phi) is 7.85. The third-order valence-electron chi connectivity index (χ3n) is 4.43. The van der Waals surface area contributed by atoms with E-state index in [2.05, 4.69) is 26.0 Å². The molecule has 0 aliphatic heterocycles. The molecule has 0 saturated heterocycles. The molecule has 0 amide bonds. The molecule has 0 aliphatic rings. The number of nitrogens with two attached hydrogens (primary N) is 1. The number of rotatable bonds is 6. The molecule has 0 aliphatic carbocycles. The zero-order valence-electron chi connectivity index (χ0n) is 17.2. The number of nitrogens with zero attached hydrogens (tertiary/aromatic N) is 2. The molecule has 0 saturated carbocycles. The van der Waals surface area contributed by atoms with Gasteiger partial charge in [0.1, 0.15) is 5.65 Å². The van der Waals surface area contributed by atoms with Crippen LogP contribution in [0.2, 0.25) is 0 Å². The van der Waals surface area contributed by atoms with Gasteiger partial charge in [0.15, 0.2) is 0 Å². The standard InChI is InChI=1S/C19H22F2N4S.C2H3F3/c1-25(11-9-22)26(2,3)14-6-4-13(5-7-14)15-8-10-23-19-16(15)12-17(24-19)18(20)21;1-2(3,4)5/h4-8,10,12,18H,2-3,9,11,22H2,1H3,(H,23,24);1H3. The van der Waals surface area contributed by atoms with Gasteiger partial charge in [0.25, 0.3) is 6.43 Å². The summed E-state index contributed by atoms with van der Waals surface area (Å²) in [6, 6.07) is 11.2. The lowest BCUT2D eigenvalue weighted by molar-refractivity contribution is -0.110. The number of likely N-dealkylation sites (N-methyl/N-ethyl adjacent to an activating group) is 1. The van der Waals surface area contributed by atoms with Crippen LogP contribution in [0.15, 0.2) is 47.5 Å². The van der Waals surface area contributed by atoms with Crippen molar-refractivity contribution in [2.24, 2.45) is 5.73 Å². The van der Waals surface area contributed by atoms with Crippen molar-refractivity contribution in [3.63, 3.8) is 0 Å². The highest BCUT2D eigenvalue weighted by molar-refractivity contribution is 8.25. The van der Waals surface area contributed by atoms with E-state index in [4.69, 9.17) is 5.73 Å². The van der Waals surface area contributed by atoms with Gasteiger partial charge in [0, 0.05) is 36.5 Å². The summed E-state index contributed by atoms with van der Waals surface area (Å²) in [5, 5.41) is 0.679. The summed E-state index contributed by atoms with van der Waals surface area (Å²) in [6.45, 7) is 1.45. The van der Waals surface area contributed by atoms with Crippen LogP contribution in [0.3, 0.4) is 0 Å². The van der Waals surface area contributed by atoms with Gasteiger partial charge in [0.05, 0.1) is 5.69 Å². The lowest BCUT2D eigenvalue weighted by atomic mass is 10.0. The van der Waals surface area contributed by atoms with Gasteiger partial charge < -0.3 is 10.7 Å². The Labute approximate surface area is 178 Å². The number of nitrogens with one attached hydrogen (secondary N) is 1. The number of pyridine rings is 1. The maximum Gasteiger partial charge on any atom is 0.386 e. The molecule has 0 atom stereocenters. The van der Waals surface area contributed by atoms with Crippen LogP contribution in [0, 0.1) is 0 Å². The molecule has 1 aromatic carbocycles. The summed E-state index contributed by atoms with van der Waals surface area (Å²) in [4.78, 5) is 7.85. The zero-order valence-corrected chi connectivity index (χ0v) is 18.0. The molecule has 3 N–H and O–H groups in total. The molecule has 2 aromatic heterocycles. The summed E-state index contributed by atoms with van der Waals surface area (Å²) in [5.74, 6) is 8.56. The molecule has 0 fully saturated rings. The first-order valence-electron chi connectivity index (χ1n) is 9.18. The first kappa shape index (κ1) is 24.8. The summed E-state index contributed by atoms with van der Waals surface area (Å²) in [7, 11) is 0.352. The fraction of sp³-hybridized carbons (Fsp3) is 0.286. The van der Waals surface area contributed by atoms with Crippen molar-refractivity contribution in [2.45, 2.75) is 24.4 Å². The maximum absolute atomic E-state index is 13.0. The maximum atomic E-state index is 13.0. The summed E-state index contributed by atoms with van der Waals surface area (Å²) >= 11 is 0. The number of halogens is 5. The van der Waals surface area contributed by atoms with Gasteiger partial charge in [-0.15, -0.1) is 9.39 Å². The fourth-order valence-corrected chi connectivity index (χ4v) is 4.30. The van der Waals surface area contributed by atoms with Gasteiger partial charge in [-0.25, -0.2) is 13.8 Å². The smallest absolute Gasteiger partial charge is 0.338 e. The minimum absolute atomic E-state index is 0.126. The van der Waals surface area contributed by atoms with Crippen molar-refractivity contribution in [3.8, 4) is 11.1 Å². The molecule has 0 unspecified atom stereocenters. The first-order chi connectivity index (χ1) is 14.3. The normalized spacial score (nSPS) is 12.3. The molecule has 0 radical (unpaired) electrons. The van der Waals surface area contributed by atoms with Crippen molar-refractivity contribution in [1.29, 1.82) is 0 Å². The number of aromatic amines is 1. The molecule has 10 heteroatoms. The van der Waals surface area contributed by atoms with Crippen molar-refractivity contribution in [2.75, 3.05) is 20.1 Å². The predicted octanol–water partition coefficient (Wildman–Crippen LogP) is 5.57. The predicted molar refractivity (Wildman–Crippen MR) is 120 cm³/mol. The molecule has 31 heavy (non-hydrogen) atoms. The summed E-state index contributed by atoms with van der Waals surface area (Å²) < 4.78 is 59.1. The molecular formula is C21H25F5N4S. The van der Waals surface area contributed by atoms with E-state index in [1.165, 1.54) is 6.07 Å². The van der Waals surface area contributed by atoms with Crippen LogP contribution in [0.1, 0.15) is 19.0 Å². The average molecular weight is 461 g/mol. The van der Waals surface area contributed by atoms with E-state index in [0.29, 0.717) is 17.6 Å². The van der Waals surface area contributed by atoms with Crippen LogP contribution in [0.4, 0.5) is 22.0 Å². The fourth-order valence-electron chi connectivity index (χ4n) is 2.84.